The smallest absolute Gasteiger partial charge is 0.182 e. The Morgan fingerprint density at radius 1 is 0.846 bits per heavy atom. The van der Waals surface area contributed by atoms with Gasteiger partial charge in [-0.1, -0.05) is 18.2 Å². The van der Waals surface area contributed by atoms with Crippen molar-refractivity contribution in [3.05, 3.63) is 70.9 Å². The van der Waals surface area contributed by atoms with Gasteiger partial charge in [-0.15, -0.1) is 0 Å². The Kier molecular flexibility index (Phi) is 3.04. The molecule has 0 fully saturated rings. The summed E-state index contributed by atoms with van der Waals surface area (Å²) in [7, 11) is 4.08. The van der Waals surface area contributed by atoms with Gasteiger partial charge in [0.25, 0.3) is 0 Å². The van der Waals surface area contributed by atoms with E-state index in [1.54, 1.807) is 6.07 Å². The first kappa shape index (κ1) is 14.9. The molecule has 0 saturated heterocycles. The molecule has 4 heteroatoms. The molecule has 2 aliphatic rings. The number of rotatable bonds is 1. The van der Waals surface area contributed by atoms with Crippen LogP contribution in [-0.2, 0) is 0 Å². The van der Waals surface area contributed by atoms with Gasteiger partial charge >= 0.3 is 0 Å². The lowest BCUT2D eigenvalue weighted by atomic mass is 10.00. The van der Waals surface area contributed by atoms with E-state index in [0.29, 0.717) is 17.0 Å². The summed E-state index contributed by atoms with van der Waals surface area (Å²) in [6.45, 7) is 0. The topological polar surface area (TPSA) is 46.3 Å². The number of aromatic nitrogens is 1. The van der Waals surface area contributed by atoms with Crippen molar-refractivity contribution in [3.63, 3.8) is 0 Å². The maximum atomic E-state index is 11.6. The molecule has 0 atom stereocenters. The molecule has 0 N–H and O–H groups in total. The first-order valence-corrected chi connectivity index (χ1v) is 8.48. The molecule has 26 heavy (non-hydrogen) atoms. The molecule has 126 valence electrons. The predicted octanol–water partition coefficient (Wildman–Crippen LogP) is 4.67. The van der Waals surface area contributed by atoms with Crippen LogP contribution in [0, 0.1) is 0 Å². The number of hydrogen-bond acceptors (Lipinski definition) is 4. The lowest BCUT2D eigenvalue weighted by Gasteiger charge is -2.14. The number of hydrogen-bond donors (Lipinski definition) is 0. The molecule has 0 aromatic heterocycles. The minimum atomic E-state index is -0.0783. The van der Waals surface area contributed by atoms with E-state index < -0.39 is 0 Å². The van der Waals surface area contributed by atoms with Gasteiger partial charge < -0.3 is 9.32 Å². The van der Waals surface area contributed by atoms with Gasteiger partial charge in [-0.2, -0.15) is 0 Å². The van der Waals surface area contributed by atoms with Crippen LogP contribution < -0.4 is 10.3 Å². The molecule has 4 nitrogen and oxygen atoms in total. The second-order valence-electron chi connectivity index (χ2n) is 6.72. The highest BCUT2D eigenvalue weighted by molar-refractivity contribution is 6.16. The van der Waals surface area contributed by atoms with Crippen molar-refractivity contribution in [2.24, 2.45) is 0 Å². The molecule has 1 aliphatic carbocycles. The number of fused-ring (bicyclic) bond motifs is 6. The lowest BCUT2D eigenvalue weighted by molar-refractivity contribution is 0.613. The summed E-state index contributed by atoms with van der Waals surface area (Å²) in [6.07, 6.45) is 0. The Hall–Kier alpha value is -3.40. The zero-order valence-electron chi connectivity index (χ0n) is 14.5. The Morgan fingerprint density at radius 2 is 1.65 bits per heavy atom. The van der Waals surface area contributed by atoms with Gasteiger partial charge in [-0.3, -0.25) is 4.79 Å². The Balaban J connectivity index is 1.91. The van der Waals surface area contributed by atoms with Crippen LogP contribution in [0.1, 0.15) is 0 Å². The molecular formula is C22H16N2O2. The van der Waals surface area contributed by atoms with Crippen LogP contribution in [0.25, 0.3) is 44.1 Å². The third-order valence-electron chi connectivity index (χ3n) is 4.84. The summed E-state index contributed by atoms with van der Waals surface area (Å²) in [5, 5.41) is 4.56. The molecule has 0 spiro atoms. The average molecular weight is 340 g/mol. The van der Waals surface area contributed by atoms with Gasteiger partial charge in [0.2, 0.25) is 0 Å². The van der Waals surface area contributed by atoms with Gasteiger partial charge in [0.15, 0.2) is 16.8 Å². The largest absolute Gasteiger partial charge is 0.453 e. The summed E-state index contributed by atoms with van der Waals surface area (Å²) < 4.78 is 5.94. The van der Waals surface area contributed by atoms with E-state index in [0.717, 1.165) is 22.0 Å². The summed E-state index contributed by atoms with van der Waals surface area (Å²) in [6, 6.07) is 19.4. The molecule has 0 unspecified atom stereocenters. The van der Waals surface area contributed by atoms with E-state index in [2.05, 4.69) is 41.3 Å². The predicted molar refractivity (Wildman–Crippen MR) is 106 cm³/mol. The van der Waals surface area contributed by atoms with Crippen molar-refractivity contribution in [2.45, 2.75) is 0 Å². The first-order chi connectivity index (χ1) is 12.6. The molecule has 0 saturated carbocycles. The van der Waals surface area contributed by atoms with Crippen LogP contribution in [0.2, 0.25) is 0 Å². The van der Waals surface area contributed by atoms with E-state index in [1.165, 1.54) is 22.9 Å². The van der Waals surface area contributed by atoms with E-state index in [1.807, 2.05) is 20.2 Å². The van der Waals surface area contributed by atoms with Gasteiger partial charge in [0, 0.05) is 31.2 Å². The van der Waals surface area contributed by atoms with Crippen LogP contribution in [0.5, 0.6) is 0 Å². The summed E-state index contributed by atoms with van der Waals surface area (Å²) in [5.74, 6) is 0.514. The monoisotopic (exact) mass is 340 g/mol. The highest BCUT2D eigenvalue weighted by Gasteiger charge is 2.13. The zero-order chi connectivity index (χ0) is 17.8. The van der Waals surface area contributed by atoms with Gasteiger partial charge in [-0.05, 0) is 52.6 Å². The van der Waals surface area contributed by atoms with Crippen LogP contribution >= 0.6 is 0 Å². The molecule has 3 aromatic rings. The minimum Gasteiger partial charge on any atom is -0.453 e. The summed E-state index contributed by atoms with van der Waals surface area (Å²) in [5.41, 5.74) is 3.26. The minimum absolute atomic E-state index is 0.0783. The van der Waals surface area contributed by atoms with Crippen LogP contribution in [0.15, 0.2) is 69.9 Å². The van der Waals surface area contributed by atoms with Gasteiger partial charge in [0.1, 0.15) is 11.2 Å². The molecule has 0 bridgehead atoms. The second kappa shape index (κ2) is 5.30. The molecular weight excluding hydrogens is 324 g/mol. The highest BCUT2D eigenvalue weighted by atomic mass is 16.3. The average Bonchev–Trinajstić information content (AvgIpc) is 2.65. The lowest BCUT2D eigenvalue weighted by Crippen LogP contribution is -2.08. The molecule has 0 radical (unpaired) electrons. The first-order valence-electron chi connectivity index (χ1n) is 8.48. The fourth-order valence-electron chi connectivity index (χ4n) is 3.47. The Bertz CT molecular complexity index is 1340. The maximum absolute atomic E-state index is 11.6. The van der Waals surface area contributed by atoms with Crippen molar-refractivity contribution in [2.75, 3.05) is 19.0 Å². The summed E-state index contributed by atoms with van der Waals surface area (Å²) >= 11 is 0. The second-order valence-corrected chi connectivity index (χ2v) is 6.72. The van der Waals surface area contributed by atoms with Crippen molar-refractivity contribution < 1.29 is 4.42 Å². The van der Waals surface area contributed by atoms with Crippen molar-refractivity contribution in [1.29, 1.82) is 0 Å². The quantitative estimate of drug-likeness (QED) is 0.329. The third-order valence-corrected chi connectivity index (χ3v) is 4.84. The normalized spacial score (nSPS) is 11.6. The van der Waals surface area contributed by atoms with Crippen molar-refractivity contribution in [3.8, 4) is 11.5 Å². The van der Waals surface area contributed by atoms with Crippen LogP contribution in [0.4, 0.5) is 5.69 Å². The van der Waals surface area contributed by atoms with E-state index in [4.69, 9.17) is 9.40 Å². The SMILES string of the molecule is CN(C)c1ccc2ccc3c(ccc4oc5cc(=O)ccc-5nc43)c2c1. The van der Waals surface area contributed by atoms with Crippen LogP contribution in [-0.4, -0.2) is 19.1 Å². The number of benzene rings is 4. The highest BCUT2D eigenvalue weighted by Crippen LogP contribution is 2.34. The molecule has 1 heterocycles. The standard InChI is InChI=1S/C22H16N2O2/c1-24(2)14-5-3-13-4-7-17-16(18(13)11-14)8-10-20-22(17)23-19-9-6-15(25)12-21(19)26-20/h3-12H,1-2H3. The van der Waals surface area contributed by atoms with E-state index in [-0.39, 0.29) is 5.43 Å². The third kappa shape index (κ3) is 2.15. The molecule has 1 aliphatic heterocycles. The van der Waals surface area contributed by atoms with Gasteiger partial charge in [-0.25, -0.2) is 4.98 Å². The van der Waals surface area contributed by atoms with Gasteiger partial charge in [0.05, 0.1) is 0 Å². The molecule has 0 amide bonds. The molecule has 3 aromatic carbocycles. The van der Waals surface area contributed by atoms with E-state index >= 15 is 0 Å². The van der Waals surface area contributed by atoms with Crippen molar-refractivity contribution in [1.82, 2.24) is 4.98 Å². The number of anilines is 1. The fourth-order valence-corrected chi connectivity index (χ4v) is 3.47. The maximum Gasteiger partial charge on any atom is 0.182 e. The number of nitrogens with zero attached hydrogens (tertiary/aromatic N) is 2. The van der Waals surface area contributed by atoms with Crippen LogP contribution in [0.3, 0.4) is 0 Å². The van der Waals surface area contributed by atoms with Crippen molar-refractivity contribution >= 4 is 38.3 Å². The molecule has 5 rings (SSSR count). The zero-order valence-corrected chi connectivity index (χ0v) is 14.5. The fraction of sp³-hybridized carbons (Fsp3) is 0.0909. The summed E-state index contributed by atoms with van der Waals surface area (Å²) in [4.78, 5) is 18.4. The van der Waals surface area contributed by atoms with E-state index in [9.17, 15) is 4.79 Å². The Morgan fingerprint density at radius 3 is 2.50 bits per heavy atom. The Labute approximate surface area is 149 Å².